The summed E-state index contributed by atoms with van der Waals surface area (Å²) in [6.07, 6.45) is 0.925. The van der Waals surface area contributed by atoms with Crippen LogP contribution in [0.15, 0.2) is 30.6 Å². The molecule has 9 nitrogen and oxygen atoms in total. The lowest BCUT2D eigenvalue weighted by Gasteiger charge is -2.40. The lowest BCUT2D eigenvalue weighted by molar-refractivity contribution is -0.159. The second-order valence-corrected chi connectivity index (χ2v) is 10.3. The summed E-state index contributed by atoms with van der Waals surface area (Å²) in [4.78, 5) is 25.2. The standard InChI is InChI=1S/C25H31ClN4O5/c1-15-9-30(24(31)21-13-33-25(2,3)35-21)12-18(15)16-5-6-19(32-4)20(7-16)34-17-10-29(11-17)23-8-22(26)27-14-28-23/h5-8,14-15,17-18,21H,9-13H2,1-4H3/t15?,18?,21-/m0/s1. The summed E-state index contributed by atoms with van der Waals surface area (Å²) in [6.45, 7) is 8.85. The third kappa shape index (κ3) is 5.03. The molecule has 0 radical (unpaired) electrons. The Morgan fingerprint density at radius 3 is 2.63 bits per heavy atom. The van der Waals surface area contributed by atoms with Gasteiger partial charge in [0.25, 0.3) is 5.91 Å². The van der Waals surface area contributed by atoms with Crippen LogP contribution in [-0.4, -0.2) is 78.7 Å². The van der Waals surface area contributed by atoms with E-state index in [1.165, 1.54) is 6.33 Å². The molecule has 0 bridgehead atoms. The largest absolute Gasteiger partial charge is 0.493 e. The van der Waals surface area contributed by atoms with Gasteiger partial charge in [0.15, 0.2) is 23.4 Å². The zero-order valence-corrected chi connectivity index (χ0v) is 21.2. The van der Waals surface area contributed by atoms with Crippen LogP contribution in [-0.2, 0) is 14.3 Å². The van der Waals surface area contributed by atoms with E-state index in [1.807, 2.05) is 24.8 Å². The van der Waals surface area contributed by atoms with Gasteiger partial charge in [-0.2, -0.15) is 0 Å². The predicted octanol–water partition coefficient (Wildman–Crippen LogP) is 3.12. The number of likely N-dealkylation sites (tertiary alicyclic amines) is 1. The number of ether oxygens (including phenoxy) is 4. The summed E-state index contributed by atoms with van der Waals surface area (Å²) in [5, 5.41) is 0.419. The highest BCUT2D eigenvalue weighted by Crippen LogP contribution is 2.39. The van der Waals surface area contributed by atoms with Gasteiger partial charge in [0.2, 0.25) is 0 Å². The van der Waals surface area contributed by atoms with Gasteiger partial charge < -0.3 is 28.7 Å². The maximum atomic E-state index is 13.0. The van der Waals surface area contributed by atoms with Gasteiger partial charge in [-0.15, -0.1) is 0 Å². The summed E-state index contributed by atoms with van der Waals surface area (Å²) < 4.78 is 23.2. The topological polar surface area (TPSA) is 86.3 Å². The average molecular weight is 503 g/mol. The molecule has 5 rings (SSSR count). The van der Waals surface area contributed by atoms with Gasteiger partial charge in [0.1, 0.15) is 23.4 Å². The second kappa shape index (κ2) is 9.44. The van der Waals surface area contributed by atoms with Gasteiger partial charge in [0.05, 0.1) is 26.8 Å². The molecule has 1 aromatic heterocycles. The van der Waals surface area contributed by atoms with Crippen molar-refractivity contribution in [3.8, 4) is 11.5 Å². The molecule has 3 aliphatic rings. The van der Waals surface area contributed by atoms with E-state index < -0.39 is 11.9 Å². The van der Waals surface area contributed by atoms with Crippen LogP contribution in [0.5, 0.6) is 11.5 Å². The number of benzene rings is 1. The quantitative estimate of drug-likeness (QED) is 0.557. The maximum Gasteiger partial charge on any atom is 0.254 e. The fourth-order valence-electron chi connectivity index (χ4n) is 4.99. The molecule has 0 saturated carbocycles. The Morgan fingerprint density at radius 1 is 1.14 bits per heavy atom. The van der Waals surface area contributed by atoms with E-state index in [2.05, 4.69) is 33.9 Å². The van der Waals surface area contributed by atoms with Crippen molar-refractivity contribution >= 4 is 23.3 Å². The van der Waals surface area contributed by atoms with Crippen molar-refractivity contribution in [1.82, 2.24) is 14.9 Å². The molecule has 188 valence electrons. The zero-order valence-electron chi connectivity index (χ0n) is 20.4. The molecule has 0 spiro atoms. The first-order valence-electron chi connectivity index (χ1n) is 11.9. The third-order valence-electron chi connectivity index (χ3n) is 6.91. The van der Waals surface area contributed by atoms with Crippen LogP contribution < -0.4 is 14.4 Å². The van der Waals surface area contributed by atoms with Crippen LogP contribution >= 0.6 is 11.6 Å². The molecule has 10 heteroatoms. The van der Waals surface area contributed by atoms with Crippen LogP contribution in [0.1, 0.15) is 32.3 Å². The van der Waals surface area contributed by atoms with E-state index in [9.17, 15) is 4.79 Å². The van der Waals surface area contributed by atoms with Crippen LogP contribution in [0, 0.1) is 5.92 Å². The summed E-state index contributed by atoms with van der Waals surface area (Å²) in [7, 11) is 1.64. The lowest BCUT2D eigenvalue weighted by atomic mass is 9.90. The monoisotopic (exact) mass is 502 g/mol. The van der Waals surface area contributed by atoms with Crippen LogP contribution in [0.25, 0.3) is 0 Å². The SMILES string of the molecule is COc1ccc(C2CN(C(=O)[C@@H]3COC(C)(C)O3)CC2C)cc1OC1CN(c2cc(Cl)ncn2)C1. The van der Waals surface area contributed by atoms with Crippen molar-refractivity contribution in [1.29, 1.82) is 0 Å². The number of rotatable bonds is 6. The van der Waals surface area contributed by atoms with Crippen molar-refractivity contribution in [2.75, 3.05) is 44.8 Å². The molecule has 0 aliphatic carbocycles. The first kappa shape index (κ1) is 24.1. The van der Waals surface area contributed by atoms with Crippen molar-refractivity contribution in [3.63, 3.8) is 0 Å². The normalized spacial score (nSPS) is 26.0. The Balaban J connectivity index is 1.24. The van der Waals surface area contributed by atoms with E-state index >= 15 is 0 Å². The van der Waals surface area contributed by atoms with Crippen molar-refractivity contribution in [2.45, 2.75) is 44.7 Å². The number of amides is 1. The smallest absolute Gasteiger partial charge is 0.254 e. The van der Waals surface area contributed by atoms with Gasteiger partial charge >= 0.3 is 0 Å². The summed E-state index contributed by atoms with van der Waals surface area (Å²) >= 11 is 5.98. The third-order valence-corrected chi connectivity index (χ3v) is 7.12. The van der Waals surface area contributed by atoms with Crippen LogP contribution in [0.2, 0.25) is 5.15 Å². The second-order valence-electron chi connectivity index (χ2n) is 9.90. The minimum Gasteiger partial charge on any atom is -0.493 e. The summed E-state index contributed by atoms with van der Waals surface area (Å²) in [6, 6.07) is 7.81. The number of aromatic nitrogens is 2. The Kier molecular flexibility index (Phi) is 6.50. The molecule has 35 heavy (non-hydrogen) atoms. The molecule has 3 fully saturated rings. The lowest BCUT2D eigenvalue weighted by Crippen LogP contribution is -2.54. The van der Waals surface area contributed by atoms with Crippen molar-refractivity contribution < 1.29 is 23.7 Å². The molecular weight excluding hydrogens is 472 g/mol. The number of hydrogen-bond donors (Lipinski definition) is 0. The summed E-state index contributed by atoms with van der Waals surface area (Å²) in [5.74, 6) is 1.96. The van der Waals surface area contributed by atoms with E-state index in [0.29, 0.717) is 55.4 Å². The first-order chi connectivity index (χ1) is 16.7. The highest BCUT2D eigenvalue weighted by molar-refractivity contribution is 6.29. The van der Waals surface area contributed by atoms with Gasteiger partial charge in [-0.05, 0) is 37.5 Å². The minimum absolute atomic E-state index is 0.00528. The van der Waals surface area contributed by atoms with Gasteiger partial charge in [-0.3, -0.25) is 4.79 Å². The van der Waals surface area contributed by atoms with Crippen molar-refractivity contribution in [3.05, 3.63) is 41.3 Å². The maximum absolute atomic E-state index is 13.0. The highest BCUT2D eigenvalue weighted by atomic mass is 35.5. The number of methoxy groups -OCH3 is 1. The van der Waals surface area contributed by atoms with Gasteiger partial charge in [-0.25, -0.2) is 9.97 Å². The number of carbonyl (C=O) groups excluding carboxylic acids is 1. The van der Waals surface area contributed by atoms with Gasteiger partial charge in [0, 0.05) is 25.1 Å². The van der Waals surface area contributed by atoms with E-state index in [0.717, 1.165) is 11.4 Å². The molecule has 4 heterocycles. The Labute approximate surface area is 210 Å². The number of carbonyl (C=O) groups is 1. The molecule has 2 unspecified atom stereocenters. The van der Waals surface area contributed by atoms with Crippen LogP contribution in [0.4, 0.5) is 5.82 Å². The fourth-order valence-corrected chi connectivity index (χ4v) is 5.13. The van der Waals surface area contributed by atoms with Gasteiger partial charge in [-0.1, -0.05) is 24.6 Å². The molecule has 0 N–H and O–H groups in total. The van der Waals surface area contributed by atoms with Crippen LogP contribution in [0.3, 0.4) is 0 Å². The van der Waals surface area contributed by atoms with Crippen molar-refractivity contribution in [2.24, 2.45) is 5.92 Å². The Bertz CT molecular complexity index is 1090. The average Bonchev–Trinajstić information content (AvgIpc) is 3.37. The fraction of sp³-hybridized carbons (Fsp3) is 0.560. The molecular formula is C25H31ClN4O5. The van der Waals surface area contributed by atoms with E-state index in [4.69, 9.17) is 30.5 Å². The molecule has 2 aromatic rings. The number of nitrogens with zero attached hydrogens (tertiary/aromatic N) is 4. The van der Waals surface area contributed by atoms with E-state index in [-0.39, 0.29) is 17.9 Å². The highest BCUT2D eigenvalue weighted by Gasteiger charge is 2.42. The molecule has 3 atom stereocenters. The number of hydrogen-bond acceptors (Lipinski definition) is 8. The Morgan fingerprint density at radius 2 is 1.94 bits per heavy atom. The number of anilines is 1. The molecule has 1 aromatic carbocycles. The van der Waals surface area contributed by atoms with E-state index in [1.54, 1.807) is 13.2 Å². The molecule has 3 aliphatic heterocycles. The first-order valence-corrected chi connectivity index (χ1v) is 12.3. The molecule has 3 saturated heterocycles. The summed E-state index contributed by atoms with van der Waals surface area (Å²) in [5.41, 5.74) is 1.13. The minimum atomic E-state index is -0.718. The zero-order chi connectivity index (χ0) is 24.7. The Hall–Kier alpha value is -2.62. The molecule has 1 amide bonds. The predicted molar refractivity (Wildman–Crippen MR) is 130 cm³/mol. The number of halogens is 1.